The number of methoxy groups -OCH3 is 1. The number of ether oxygens (including phenoxy) is 1. The third-order valence-electron chi connectivity index (χ3n) is 4.38. The van der Waals surface area contributed by atoms with Crippen molar-refractivity contribution in [3.8, 4) is 0 Å². The van der Waals surface area contributed by atoms with Crippen LogP contribution in [0.5, 0.6) is 0 Å². The number of hydrogen-bond donors (Lipinski definition) is 0. The second-order valence-electron chi connectivity index (χ2n) is 6.30. The lowest BCUT2D eigenvalue weighted by Gasteiger charge is -2.02. The topological polar surface area (TPSA) is 26.3 Å². The van der Waals surface area contributed by atoms with Crippen LogP contribution in [0.25, 0.3) is 0 Å². The average Bonchev–Trinajstić information content (AvgIpc) is 3.24. The van der Waals surface area contributed by atoms with Gasteiger partial charge < -0.3 is 4.74 Å². The van der Waals surface area contributed by atoms with Gasteiger partial charge in [-0.3, -0.25) is 4.79 Å². The van der Waals surface area contributed by atoms with E-state index in [1.807, 2.05) is 0 Å². The number of rotatable bonds is 14. The van der Waals surface area contributed by atoms with Crippen LogP contribution in [0, 0.1) is 0 Å². The van der Waals surface area contributed by atoms with Crippen LogP contribution < -0.4 is 0 Å². The molecule has 0 amide bonds. The molecule has 0 aromatic heterocycles. The van der Waals surface area contributed by atoms with Gasteiger partial charge in [-0.15, -0.1) is 0 Å². The quantitative estimate of drug-likeness (QED) is 0.232. The Morgan fingerprint density at radius 2 is 1.38 bits per heavy atom. The van der Waals surface area contributed by atoms with Gasteiger partial charge in [0.2, 0.25) is 0 Å². The zero-order valence-electron chi connectivity index (χ0n) is 14.1. The molecule has 0 radical (unpaired) electrons. The lowest BCUT2D eigenvalue weighted by Crippen LogP contribution is -1.99. The van der Waals surface area contributed by atoms with Crippen LogP contribution in [-0.2, 0) is 9.53 Å². The van der Waals surface area contributed by atoms with Gasteiger partial charge >= 0.3 is 5.97 Å². The van der Waals surface area contributed by atoms with Crippen molar-refractivity contribution < 1.29 is 9.53 Å². The molecule has 0 aromatic rings. The van der Waals surface area contributed by atoms with Gasteiger partial charge in [0.15, 0.2) is 0 Å². The Bertz CT molecular complexity index is 268. The molecule has 0 bridgehead atoms. The molecule has 1 aliphatic rings. The summed E-state index contributed by atoms with van der Waals surface area (Å²) >= 11 is 2.22. The van der Waals surface area contributed by atoms with E-state index in [0.29, 0.717) is 6.42 Å². The Morgan fingerprint density at radius 1 is 0.857 bits per heavy atom. The highest BCUT2D eigenvalue weighted by Gasteiger charge is 2.36. The van der Waals surface area contributed by atoms with Crippen molar-refractivity contribution in [2.24, 2.45) is 0 Å². The van der Waals surface area contributed by atoms with Crippen LogP contribution in [0.2, 0.25) is 0 Å². The zero-order chi connectivity index (χ0) is 15.3. The Morgan fingerprint density at radius 3 is 1.95 bits per heavy atom. The minimum atomic E-state index is -0.0644. The fourth-order valence-corrected chi connectivity index (χ4v) is 4.12. The fraction of sp³-hybridized carbons (Fsp3) is 0.944. The normalized spacial score (nSPS) is 20.5. The van der Waals surface area contributed by atoms with E-state index in [0.717, 1.165) is 16.9 Å². The highest BCUT2D eigenvalue weighted by atomic mass is 32.2. The minimum absolute atomic E-state index is 0.0644. The lowest BCUT2D eigenvalue weighted by atomic mass is 10.0. The summed E-state index contributed by atoms with van der Waals surface area (Å²) < 4.78 is 4.64. The van der Waals surface area contributed by atoms with Crippen molar-refractivity contribution in [2.75, 3.05) is 7.11 Å². The maximum atomic E-state index is 10.9. The standard InChI is InChI=1S/C18H34O2S/c1-3-4-10-13-16-17(21-16)14-11-8-6-5-7-9-12-15-18(19)20-2/h16-17H,3-15H2,1-2H3. The monoisotopic (exact) mass is 314 g/mol. The summed E-state index contributed by atoms with van der Waals surface area (Å²) in [5, 5.41) is 2.01. The molecule has 3 heteroatoms. The molecule has 2 atom stereocenters. The first-order chi connectivity index (χ1) is 10.3. The molecule has 1 aliphatic heterocycles. The van der Waals surface area contributed by atoms with Crippen molar-refractivity contribution in [3.05, 3.63) is 0 Å². The number of unbranched alkanes of at least 4 members (excludes halogenated alkanes) is 8. The predicted octanol–water partition coefficient (Wildman–Crippen LogP) is 5.73. The molecule has 1 rings (SSSR count). The molecular formula is C18H34O2S. The van der Waals surface area contributed by atoms with E-state index < -0.39 is 0 Å². The second-order valence-corrected chi connectivity index (χ2v) is 7.78. The van der Waals surface area contributed by atoms with Gasteiger partial charge in [0.05, 0.1) is 7.11 Å². The highest BCUT2D eigenvalue weighted by Crippen LogP contribution is 2.47. The first kappa shape index (κ1) is 18.9. The van der Waals surface area contributed by atoms with Gasteiger partial charge in [0.25, 0.3) is 0 Å². The Kier molecular flexibility index (Phi) is 11.1. The van der Waals surface area contributed by atoms with Crippen molar-refractivity contribution in [1.29, 1.82) is 0 Å². The van der Waals surface area contributed by atoms with Crippen LogP contribution in [0.15, 0.2) is 0 Å². The molecule has 2 nitrogen and oxygen atoms in total. The van der Waals surface area contributed by atoms with Crippen LogP contribution in [0.4, 0.5) is 0 Å². The van der Waals surface area contributed by atoms with Gasteiger partial charge in [0.1, 0.15) is 0 Å². The lowest BCUT2D eigenvalue weighted by molar-refractivity contribution is -0.140. The summed E-state index contributed by atoms with van der Waals surface area (Å²) in [6, 6.07) is 0. The summed E-state index contributed by atoms with van der Waals surface area (Å²) in [6.45, 7) is 2.28. The average molecular weight is 315 g/mol. The summed E-state index contributed by atoms with van der Waals surface area (Å²) in [5.41, 5.74) is 0. The molecule has 2 unspecified atom stereocenters. The largest absolute Gasteiger partial charge is 0.469 e. The number of thioether (sulfide) groups is 1. The summed E-state index contributed by atoms with van der Waals surface area (Å²) in [4.78, 5) is 10.9. The summed E-state index contributed by atoms with van der Waals surface area (Å²) in [7, 11) is 1.47. The van der Waals surface area contributed by atoms with Crippen molar-refractivity contribution >= 4 is 17.7 Å². The van der Waals surface area contributed by atoms with E-state index in [1.165, 1.54) is 77.7 Å². The third-order valence-corrected chi connectivity index (χ3v) is 5.89. The van der Waals surface area contributed by atoms with Crippen LogP contribution >= 0.6 is 11.8 Å². The molecule has 1 heterocycles. The van der Waals surface area contributed by atoms with Gasteiger partial charge in [-0.1, -0.05) is 64.7 Å². The van der Waals surface area contributed by atoms with E-state index in [1.54, 1.807) is 0 Å². The van der Waals surface area contributed by atoms with Gasteiger partial charge in [-0.25, -0.2) is 0 Å². The highest BCUT2D eigenvalue weighted by molar-refractivity contribution is 8.07. The Balaban J connectivity index is 1.75. The minimum Gasteiger partial charge on any atom is -0.469 e. The molecule has 0 aromatic carbocycles. The van der Waals surface area contributed by atoms with Crippen LogP contribution in [0.3, 0.4) is 0 Å². The second kappa shape index (κ2) is 12.4. The fourth-order valence-electron chi connectivity index (χ4n) is 2.88. The molecule has 1 fully saturated rings. The number of esters is 1. The maximum Gasteiger partial charge on any atom is 0.305 e. The van der Waals surface area contributed by atoms with E-state index in [-0.39, 0.29) is 5.97 Å². The Hall–Kier alpha value is -0.180. The zero-order valence-corrected chi connectivity index (χ0v) is 14.9. The van der Waals surface area contributed by atoms with E-state index >= 15 is 0 Å². The van der Waals surface area contributed by atoms with E-state index in [4.69, 9.17) is 0 Å². The Labute approximate surface area is 135 Å². The summed E-state index contributed by atoms with van der Waals surface area (Å²) in [6.07, 6.45) is 16.7. The smallest absolute Gasteiger partial charge is 0.305 e. The first-order valence-corrected chi connectivity index (χ1v) is 9.94. The van der Waals surface area contributed by atoms with E-state index in [2.05, 4.69) is 23.4 Å². The molecule has 0 spiro atoms. The predicted molar refractivity (Wildman–Crippen MR) is 92.9 cm³/mol. The molecule has 0 saturated carbocycles. The number of hydrogen-bond acceptors (Lipinski definition) is 3. The number of carbonyl (C=O) groups excluding carboxylic acids is 1. The third kappa shape index (κ3) is 10.2. The van der Waals surface area contributed by atoms with Gasteiger partial charge in [-0.05, 0) is 19.3 Å². The van der Waals surface area contributed by atoms with Crippen molar-refractivity contribution in [3.63, 3.8) is 0 Å². The SMILES string of the molecule is CCCCCC1SC1CCCCCCCCCC(=O)OC. The molecule has 0 N–H and O–H groups in total. The van der Waals surface area contributed by atoms with E-state index in [9.17, 15) is 4.79 Å². The number of carbonyl (C=O) groups is 1. The van der Waals surface area contributed by atoms with Crippen molar-refractivity contribution in [1.82, 2.24) is 0 Å². The van der Waals surface area contributed by atoms with Crippen LogP contribution in [0.1, 0.15) is 90.4 Å². The summed E-state index contributed by atoms with van der Waals surface area (Å²) in [5.74, 6) is -0.0644. The van der Waals surface area contributed by atoms with Gasteiger partial charge in [0, 0.05) is 16.9 Å². The molecule has 124 valence electrons. The molecule has 21 heavy (non-hydrogen) atoms. The van der Waals surface area contributed by atoms with Crippen molar-refractivity contribution in [2.45, 2.75) is 101 Å². The first-order valence-electron chi connectivity index (χ1n) is 9.00. The molecule has 1 saturated heterocycles. The molecular weight excluding hydrogens is 280 g/mol. The molecule has 0 aliphatic carbocycles. The van der Waals surface area contributed by atoms with Gasteiger partial charge in [-0.2, -0.15) is 11.8 Å². The van der Waals surface area contributed by atoms with Crippen LogP contribution in [-0.4, -0.2) is 23.6 Å². The maximum absolute atomic E-state index is 10.9.